The summed E-state index contributed by atoms with van der Waals surface area (Å²) in [5, 5.41) is 0.550. The number of aryl methyl sites for hydroxylation is 1. The molecular formula is C17H17N3O2. The number of nitrogens with zero attached hydrogens (tertiary/aromatic N) is 2. The summed E-state index contributed by atoms with van der Waals surface area (Å²) in [6.45, 7) is 0.430. The molecule has 0 fully saturated rings. The predicted octanol–water partition coefficient (Wildman–Crippen LogP) is 2.11. The predicted molar refractivity (Wildman–Crippen MR) is 86.0 cm³/mol. The van der Waals surface area contributed by atoms with Crippen molar-refractivity contribution in [3.8, 4) is 0 Å². The molecule has 3 rings (SSSR count). The maximum Gasteiger partial charge on any atom is 0.328 e. The van der Waals surface area contributed by atoms with Crippen LogP contribution in [0.3, 0.4) is 0 Å². The number of hydrogen-bond donors (Lipinski definition) is 1. The summed E-state index contributed by atoms with van der Waals surface area (Å²) in [6, 6.07) is 11.0. The second kappa shape index (κ2) is 6.39. The minimum absolute atomic E-state index is 0.222. The van der Waals surface area contributed by atoms with Gasteiger partial charge >= 0.3 is 5.69 Å². The minimum atomic E-state index is -0.343. The summed E-state index contributed by atoms with van der Waals surface area (Å²) in [7, 11) is 0. The summed E-state index contributed by atoms with van der Waals surface area (Å²) < 4.78 is 1.28. The van der Waals surface area contributed by atoms with Gasteiger partial charge in [-0.1, -0.05) is 18.2 Å². The number of para-hydroxylation sites is 1. The number of hydrogen-bond acceptors (Lipinski definition) is 3. The van der Waals surface area contributed by atoms with Crippen LogP contribution in [0.1, 0.15) is 18.4 Å². The zero-order valence-electron chi connectivity index (χ0n) is 12.2. The number of nitrogens with one attached hydrogen (secondary N) is 1. The molecule has 0 radical (unpaired) electrons. The summed E-state index contributed by atoms with van der Waals surface area (Å²) in [4.78, 5) is 31.2. The first-order valence-electron chi connectivity index (χ1n) is 7.36. The van der Waals surface area contributed by atoms with E-state index in [4.69, 9.17) is 0 Å². The number of fused-ring (bicyclic) bond motifs is 1. The molecule has 112 valence electrons. The molecule has 5 heteroatoms. The monoisotopic (exact) mass is 295 g/mol. The Kier molecular flexibility index (Phi) is 4.14. The van der Waals surface area contributed by atoms with Crippen LogP contribution in [0.25, 0.3) is 10.9 Å². The molecule has 0 saturated heterocycles. The van der Waals surface area contributed by atoms with Crippen LogP contribution < -0.4 is 11.2 Å². The van der Waals surface area contributed by atoms with Crippen LogP contribution in [0.5, 0.6) is 0 Å². The lowest BCUT2D eigenvalue weighted by Gasteiger charge is -2.06. The Bertz CT molecular complexity index is 882. The van der Waals surface area contributed by atoms with E-state index in [1.165, 1.54) is 10.1 Å². The van der Waals surface area contributed by atoms with Gasteiger partial charge in [-0.15, -0.1) is 0 Å². The Morgan fingerprint density at radius 2 is 1.91 bits per heavy atom. The highest BCUT2D eigenvalue weighted by atomic mass is 16.2. The lowest BCUT2D eigenvalue weighted by Crippen LogP contribution is -2.35. The van der Waals surface area contributed by atoms with Crippen molar-refractivity contribution in [2.75, 3.05) is 0 Å². The van der Waals surface area contributed by atoms with Gasteiger partial charge in [0.2, 0.25) is 0 Å². The van der Waals surface area contributed by atoms with Gasteiger partial charge in [0.15, 0.2) is 0 Å². The second-order valence-electron chi connectivity index (χ2n) is 5.25. The highest BCUT2D eigenvalue weighted by Crippen LogP contribution is 2.05. The lowest BCUT2D eigenvalue weighted by atomic mass is 10.1. The summed E-state index contributed by atoms with van der Waals surface area (Å²) >= 11 is 0. The fraction of sp³-hybridized carbons (Fsp3) is 0.235. The Balaban J connectivity index is 1.72. The van der Waals surface area contributed by atoms with Crippen LogP contribution in [-0.4, -0.2) is 14.5 Å². The molecule has 2 aromatic heterocycles. The number of aromatic amines is 1. The molecule has 0 aliphatic heterocycles. The maximum absolute atomic E-state index is 12.3. The van der Waals surface area contributed by atoms with Crippen LogP contribution in [0.2, 0.25) is 0 Å². The van der Waals surface area contributed by atoms with E-state index in [0.717, 1.165) is 19.3 Å². The third-order valence-corrected chi connectivity index (χ3v) is 3.71. The zero-order valence-corrected chi connectivity index (χ0v) is 12.2. The van der Waals surface area contributed by atoms with Gasteiger partial charge in [-0.3, -0.25) is 14.3 Å². The van der Waals surface area contributed by atoms with E-state index in [0.29, 0.717) is 17.4 Å². The number of aromatic nitrogens is 3. The van der Waals surface area contributed by atoms with Gasteiger partial charge < -0.3 is 4.98 Å². The first kappa shape index (κ1) is 14.3. The van der Waals surface area contributed by atoms with Gasteiger partial charge in [0.1, 0.15) is 0 Å². The van der Waals surface area contributed by atoms with Crippen molar-refractivity contribution in [2.24, 2.45) is 0 Å². The van der Waals surface area contributed by atoms with Gasteiger partial charge in [-0.25, -0.2) is 4.79 Å². The van der Waals surface area contributed by atoms with E-state index in [2.05, 4.69) is 9.97 Å². The summed E-state index contributed by atoms with van der Waals surface area (Å²) in [5.41, 5.74) is 1.19. The molecule has 1 N–H and O–H groups in total. The molecule has 3 aromatic rings. The number of H-pyrrole nitrogens is 1. The van der Waals surface area contributed by atoms with E-state index in [1.54, 1.807) is 30.5 Å². The average Bonchev–Trinajstić information content (AvgIpc) is 2.55. The fourth-order valence-electron chi connectivity index (χ4n) is 2.55. The SMILES string of the molecule is O=c1[nH]c2ccccc2c(=O)n1CCCCc1cccnc1. The Hall–Kier alpha value is -2.69. The van der Waals surface area contributed by atoms with Gasteiger partial charge in [0.25, 0.3) is 5.56 Å². The molecule has 0 amide bonds. The quantitative estimate of drug-likeness (QED) is 0.733. The molecule has 0 unspecified atom stereocenters. The van der Waals surface area contributed by atoms with Crippen molar-refractivity contribution < 1.29 is 0 Å². The van der Waals surface area contributed by atoms with E-state index in [9.17, 15) is 9.59 Å². The highest BCUT2D eigenvalue weighted by Gasteiger charge is 2.06. The number of pyridine rings is 1. The standard InChI is InChI=1S/C17H17N3O2/c21-16-14-8-1-2-9-15(14)19-17(22)20(16)11-4-3-6-13-7-5-10-18-12-13/h1-2,5,7-10,12H,3-4,6,11H2,(H,19,22). The van der Waals surface area contributed by atoms with Gasteiger partial charge in [0, 0.05) is 18.9 Å². The smallest absolute Gasteiger partial charge is 0.307 e. The third-order valence-electron chi connectivity index (χ3n) is 3.71. The van der Waals surface area contributed by atoms with E-state index < -0.39 is 0 Å². The molecule has 0 atom stereocenters. The van der Waals surface area contributed by atoms with E-state index in [-0.39, 0.29) is 11.2 Å². The third kappa shape index (κ3) is 2.98. The number of rotatable bonds is 5. The van der Waals surface area contributed by atoms with E-state index in [1.807, 2.05) is 18.3 Å². The summed E-state index contributed by atoms with van der Waals surface area (Å²) in [5.74, 6) is 0. The van der Waals surface area contributed by atoms with Crippen molar-refractivity contribution >= 4 is 10.9 Å². The average molecular weight is 295 g/mol. The molecule has 0 aliphatic rings. The van der Waals surface area contributed by atoms with Crippen LogP contribution >= 0.6 is 0 Å². The first-order valence-corrected chi connectivity index (χ1v) is 7.36. The van der Waals surface area contributed by atoms with Crippen molar-refractivity contribution in [1.29, 1.82) is 0 Å². The van der Waals surface area contributed by atoms with Crippen molar-refractivity contribution in [2.45, 2.75) is 25.8 Å². The van der Waals surface area contributed by atoms with Crippen molar-refractivity contribution in [1.82, 2.24) is 14.5 Å². The van der Waals surface area contributed by atoms with Crippen LogP contribution in [0.4, 0.5) is 0 Å². The van der Waals surface area contributed by atoms with Gasteiger partial charge in [-0.2, -0.15) is 0 Å². The molecular weight excluding hydrogens is 278 g/mol. The Labute approximate surface area is 127 Å². The molecule has 2 heterocycles. The lowest BCUT2D eigenvalue weighted by molar-refractivity contribution is 0.573. The molecule has 1 aromatic carbocycles. The second-order valence-corrected chi connectivity index (χ2v) is 5.25. The fourth-order valence-corrected chi connectivity index (χ4v) is 2.55. The maximum atomic E-state index is 12.3. The molecule has 22 heavy (non-hydrogen) atoms. The highest BCUT2D eigenvalue weighted by molar-refractivity contribution is 5.76. The van der Waals surface area contributed by atoms with Crippen LogP contribution in [0.15, 0.2) is 58.4 Å². The molecule has 5 nitrogen and oxygen atoms in total. The first-order chi connectivity index (χ1) is 10.8. The molecule has 0 aliphatic carbocycles. The van der Waals surface area contributed by atoms with Gasteiger partial charge in [0.05, 0.1) is 10.9 Å². The Morgan fingerprint density at radius 3 is 2.73 bits per heavy atom. The number of benzene rings is 1. The number of unbranched alkanes of at least 4 members (excludes halogenated alkanes) is 1. The molecule has 0 spiro atoms. The normalized spacial score (nSPS) is 10.9. The topological polar surface area (TPSA) is 67.8 Å². The van der Waals surface area contributed by atoms with Crippen molar-refractivity contribution in [3.05, 3.63) is 75.2 Å². The van der Waals surface area contributed by atoms with Gasteiger partial charge in [-0.05, 0) is 43.0 Å². The summed E-state index contributed by atoms with van der Waals surface area (Å²) in [6.07, 6.45) is 6.17. The minimum Gasteiger partial charge on any atom is -0.307 e. The Morgan fingerprint density at radius 1 is 1.05 bits per heavy atom. The van der Waals surface area contributed by atoms with E-state index >= 15 is 0 Å². The molecule has 0 saturated carbocycles. The zero-order chi connectivity index (χ0) is 15.4. The van der Waals surface area contributed by atoms with Crippen LogP contribution in [0, 0.1) is 0 Å². The molecule has 0 bridgehead atoms. The largest absolute Gasteiger partial charge is 0.328 e. The van der Waals surface area contributed by atoms with Crippen molar-refractivity contribution in [3.63, 3.8) is 0 Å². The van der Waals surface area contributed by atoms with Crippen LogP contribution in [-0.2, 0) is 13.0 Å².